The number of nitrogens with one attached hydrogen (secondary N) is 1. The topological polar surface area (TPSA) is 45.3 Å². The van der Waals surface area contributed by atoms with Gasteiger partial charge >= 0.3 is 0 Å². The maximum absolute atomic E-state index is 12.9. The highest BCUT2D eigenvalue weighted by Gasteiger charge is 2.25. The highest BCUT2D eigenvalue weighted by atomic mass is 35.5. The van der Waals surface area contributed by atoms with E-state index in [-0.39, 0.29) is 11.8 Å². The number of aromatic amines is 1. The van der Waals surface area contributed by atoms with Gasteiger partial charge in [0, 0.05) is 47.6 Å². The Balaban J connectivity index is 1.69. The van der Waals surface area contributed by atoms with Gasteiger partial charge in [0.1, 0.15) is 0 Å². The van der Waals surface area contributed by atoms with Crippen molar-refractivity contribution >= 4 is 28.4 Å². The Morgan fingerprint density at radius 3 is 2.62 bits per heavy atom. The fraction of sp³-hybridized carbons (Fsp3) is 0.286. The molecule has 1 aliphatic heterocycles. The van der Waals surface area contributed by atoms with Gasteiger partial charge in [-0.15, -0.1) is 0 Å². The molecule has 134 valence electrons. The molecule has 26 heavy (non-hydrogen) atoms. The summed E-state index contributed by atoms with van der Waals surface area (Å²) in [6, 6.07) is 16.0. The number of nitrogens with zero attached hydrogens (tertiary/aromatic N) is 1. The number of aromatic nitrogens is 1. The summed E-state index contributed by atoms with van der Waals surface area (Å²) in [6.45, 7) is 2.56. The molecule has 1 saturated heterocycles. The highest BCUT2D eigenvalue weighted by molar-refractivity contribution is 6.30. The molecule has 1 fully saturated rings. The molecule has 2 aromatic carbocycles. The fourth-order valence-electron chi connectivity index (χ4n) is 3.60. The Labute approximate surface area is 157 Å². The number of benzene rings is 2. The molecule has 1 atom stereocenters. The Hall–Kier alpha value is -2.30. The molecule has 0 saturated carbocycles. The number of hydrogen-bond acceptors (Lipinski definition) is 2. The van der Waals surface area contributed by atoms with E-state index in [2.05, 4.69) is 17.1 Å². The number of H-pyrrole nitrogens is 1. The van der Waals surface area contributed by atoms with Gasteiger partial charge in [0.25, 0.3) is 0 Å². The average Bonchev–Trinajstić information content (AvgIpc) is 3.11. The van der Waals surface area contributed by atoms with E-state index >= 15 is 0 Å². The van der Waals surface area contributed by atoms with E-state index in [0.717, 1.165) is 22.0 Å². The Morgan fingerprint density at radius 1 is 1.12 bits per heavy atom. The number of halogens is 1. The van der Waals surface area contributed by atoms with E-state index in [1.807, 2.05) is 47.5 Å². The third-order valence-corrected chi connectivity index (χ3v) is 5.26. The molecular formula is C21H21ClN2O2. The minimum absolute atomic E-state index is 0.0150. The third kappa shape index (κ3) is 3.48. The smallest absolute Gasteiger partial charge is 0.223 e. The van der Waals surface area contributed by atoms with Crippen LogP contribution in [0.1, 0.15) is 23.5 Å². The van der Waals surface area contributed by atoms with E-state index in [9.17, 15) is 4.79 Å². The molecular weight excluding hydrogens is 348 g/mol. The van der Waals surface area contributed by atoms with Crippen LogP contribution in [0.3, 0.4) is 0 Å². The SMILES string of the molecule is O=C(C[C@@H](c1ccc(Cl)cc1)c1c[nH]c2ccccc12)N1CCOCC1. The predicted molar refractivity (Wildman–Crippen MR) is 104 cm³/mol. The number of carbonyl (C=O) groups is 1. The van der Waals surface area contributed by atoms with Crippen molar-refractivity contribution in [2.75, 3.05) is 26.3 Å². The van der Waals surface area contributed by atoms with E-state index < -0.39 is 0 Å². The number of fused-ring (bicyclic) bond motifs is 1. The second kappa shape index (κ2) is 7.52. The molecule has 1 N–H and O–H groups in total. The predicted octanol–water partition coefficient (Wildman–Crippen LogP) is 4.20. The third-order valence-electron chi connectivity index (χ3n) is 5.01. The van der Waals surface area contributed by atoms with E-state index in [1.165, 1.54) is 0 Å². The van der Waals surface area contributed by atoms with Crippen molar-refractivity contribution in [2.24, 2.45) is 0 Å². The van der Waals surface area contributed by atoms with Gasteiger partial charge in [0.15, 0.2) is 0 Å². The van der Waals surface area contributed by atoms with Crippen LogP contribution in [0.15, 0.2) is 54.7 Å². The summed E-state index contributed by atoms with van der Waals surface area (Å²) in [6.07, 6.45) is 2.46. The van der Waals surface area contributed by atoms with Gasteiger partial charge in [0.2, 0.25) is 5.91 Å². The number of hydrogen-bond donors (Lipinski definition) is 1. The molecule has 0 radical (unpaired) electrons. The summed E-state index contributed by atoms with van der Waals surface area (Å²) in [5.74, 6) is 0.150. The first-order valence-corrected chi connectivity index (χ1v) is 9.27. The quantitative estimate of drug-likeness (QED) is 0.750. The maximum Gasteiger partial charge on any atom is 0.223 e. The van der Waals surface area contributed by atoms with E-state index in [4.69, 9.17) is 16.3 Å². The largest absolute Gasteiger partial charge is 0.378 e. The lowest BCUT2D eigenvalue weighted by molar-refractivity contribution is -0.135. The number of carbonyl (C=O) groups excluding carboxylic acids is 1. The monoisotopic (exact) mass is 368 g/mol. The molecule has 1 aromatic heterocycles. The molecule has 3 aromatic rings. The van der Waals surface area contributed by atoms with E-state index in [0.29, 0.717) is 37.7 Å². The van der Waals surface area contributed by atoms with Crippen molar-refractivity contribution in [2.45, 2.75) is 12.3 Å². The second-order valence-corrected chi connectivity index (χ2v) is 7.03. The van der Waals surface area contributed by atoms with Crippen molar-refractivity contribution in [3.63, 3.8) is 0 Å². The zero-order chi connectivity index (χ0) is 17.9. The molecule has 1 aliphatic rings. The van der Waals surface area contributed by atoms with E-state index in [1.54, 1.807) is 0 Å². The van der Waals surface area contributed by atoms with Crippen molar-refractivity contribution in [1.29, 1.82) is 0 Å². The van der Waals surface area contributed by atoms with Gasteiger partial charge < -0.3 is 14.6 Å². The number of morpholine rings is 1. The first-order chi connectivity index (χ1) is 12.7. The highest BCUT2D eigenvalue weighted by Crippen LogP contribution is 2.34. The fourth-order valence-corrected chi connectivity index (χ4v) is 3.73. The van der Waals surface area contributed by atoms with Crippen LogP contribution in [-0.2, 0) is 9.53 Å². The molecule has 4 rings (SSSR count). The van der Waals surface area contributed by atoms with Gasteiger partial charge in [-0.25, -0.2) is 0 Å². The molecule has 0 unspecified atom stereocenters. The average molecular weight is 369 g/mol. The zero-order valence-electron chi connectivity index (χ0n) is 14.5. The van der Waals surface area contributed by atoms with Gasteiger partial charge in [0.05, 0.1) is 13.2 Å². The summed E-state index contributed by atoms with van der Waals surface area (Å²) in [4.78, 5) is 18.1. The summed E-state index contributed by atoms with van der Waals surface area (Å²) < 4.78 is 5.37. The van der Waals surface area contributed by atoms with Crippen LogP contribution in [0.25, 0.3) is 10.9 Å². The minimum Gasteiger partial charge on any atom is -0.378 e. The summed E-state index contributed by atoms with van der Waals surface area (Å²) in [5, 5.41) is 1.85. The molecule has 4 nitrogen and oxygen atoms in total. The summed E-state index contributed by atoms with van der Waals surface area (Å²) in [5.41, 5.74) is 3.32. The van der Waals surface area contributed by atoms with Crippen molar-refractivity contribution in [1.82, 2.24) is 9.88 Å². The number of para-hydroxylation sites is 1. The van der Waals surface area contributed by atoms with Crippen molar-refractivity contribution in [3.05, 3.63) is 70.9 Å². The Morgan fingerprint density at radius 2 is 1.85 bits per heavy atom. The zero-order valence-corrected chi connectivity index (χ0v) is 15.2. The first kappa shape index (κ1) is 17.1. The number of rotatable bonds is 4. The summed E-state index contributed by atoms with van der Waals surface area (Å²) in [7, 11) is 0. The number of amides is 1. The van der Waals surface area contributed by atoms with Crippen LogP contribution in [-0.4, -0.2) is 42.1 Å². The maximum atomic E-state index is 12.9. The van der Waals surface area contributed by atoms with Gasteiger partial charge in [-0.1, -0.05) is 41.9 Å². The van der Waals surface area contributed by atoms with Crippen molar-refractivity contribution < 1.29 is 9.53 Å². The van der Waals surface area contributed by atoms with Crippen LogP contribution in [0.2, 0.25) is 5.02 Å². The molecule has 0 spiro atoms. The minimum atomic E-state index is -0.0150. The Bertz CT molecular complexity index is 898. The Kier molecular flexibility index (Phi) is 4.96. The van der Waals surface area contributed by atoms with Crippen LogP contribution >= 0.6 is 11.6 Å². The molecule has 0 bridgehead atoms. The summed E-state index contributed by atoms with van der Waals surface area (Å²) >= 11 is 6.07. The molecule has 1 amide bonds. The van der Waals surface area contributed by atoms with Crippen LogP contribution in [0.5, 0.6) is 0 Å². The van der Waals surface area contributed by atoms with Gasteiger partial charge in [-0.05, 0) is 29.3 Å². The molecule has 2 heterocycles. The standard InChI is InChI=1S/C21H21ClN2O2/c22-16-7-5-15(6-8-16)18(13-21(25)24-9-11-26-12-10-24)19-14-23-20-4-2-1-3-17(19)20/h1-8,14,18,23H,9-13H2/t18-/m0/s1. The van der Waals surface area contributed by atoms with Crippen LogP contribution < -0.4 is 0 Å². The normalized spacial score (nSPS) is 16.0. The van der Waals surface area contributed by atoms with Crippen molar-refractivity contribution in [3.8, 4) is 0 Å². The van der Waals surface area contributed by atoms with Crippen LogP contribution in [0.4, 0.5) is 0 Å². The van der Waals surface area contributed by atoms with Gasteiger partial charge in [-0.2, -0.15) is 0 Å². The lowest BCUT2D eigenvalue weighted by atomic mass is 9.88. The second-order valence-electron chi connectivity index (χ2n) is 6.59. The molecule has 0 aliphatic carbocycles. The lowest BCUT2D eigenvalue weighted by Crippen LogP contribution is -2.41. The first-order valence-electron chi connectivity index (χ1n) is 8.89. The molecule has 5 heteroatoms. The van der Waals surface area contributed by atoms with Gasteiger partial charge in [-0.3, -0.25) is 4.79 Å². The van der Waals surface area contributed by atoms with Crippen LogP contribution in [0, 0.1) is 0 Å². The number of ether oxygens (including phenoxy) is 1. The lowest BCUT2D eigenvalue weighted by Gasteiger charge is -2.28.